The van der Waals surface area contributed by atoms with Gasteiger partial charge >= 0.3 is 0 Å². The zero-order valence-electron chi connectivity index (χ0n) is 14.4. The van der Waals surface area contributed by atoms with Crippen molar-refractivity contribution in [1.82, 2.24) is 9.97 Å². The van der Waals surface area contributed by atoms with E-state index in [9.17, 15) is 4.79 Å². The second-order valence-corrected chi connectivity index (χ2v) is 5.88. The number of para-hydroxylation sites is 1. The highest BCUT2D eigenvalue weighted by Crippen LogP contribution is 2.18. The third-order valence-electron chi connectivity index (χ3n) is 3.66. The van der Waals surface area contributed by atoms with E-state index in [-0.39, 0.29) is 5.69 Å². The van der Waals surface area contributed by atoms with Gasteiger partial charge in [-0.15, -0.1) is 0 Å². The zero-order valence-corrected chi connectivity index (χ0v) is 14.4. The van der Waals surface area contributed by atoms with E-state index >= 15 is 0 Å². The van der Waals surface area contributed by atoms with Gasteiger partial charge in [-0.05, 0) is 55.3 Å². The Morgan fingerprint density at radius 2 is 1.81 bits per heavy atom. The van der Waals surface area contributed by atoms with Crippen LogP contribution in [0.3, 0.4) is 0 Å². The van der Waals surface area contributed by atoms with Gasteiger partial charge < -0.3 is 10.6 Å². The smallest absolute Gasteiger partial charge is 0.274 e. The Hall–Kier alpha value is -3.72. The summed E-state index contributed by atoms with van der Waals surface area (Å²) in [6.45, 7) is 4.02. The molecule has 0 aliphatic rings. The first kappa shape index (κ1) is 17.1. The van der Waals surface area contributed by atoms with Crippen molar-refractivity contribution in [2.45, 2.75) is 13.8 Å². The van der Waals surface area contributed by atoms with Gasteiger partial charge in [0.1, 0.15) is 11.8 Å². The maximum Gasteiger partial charge on any atom is 0.274 e. The van der Waals surface area contributed by atoms with E-state index in [0.29, 0.717) is 17.2 Å². The van der Waals surface area contributed by atoms with E-state index in [1.54, 1.807) is 24.3 Å². The molecular weight excluding hydrogens is 326 g/mol. The molecule has 0 aliphatic heterocycles. The second-order valence-electron chi connectivity index (χ2n) is 5.88. The summed E-state index contributed by atoms with van der Waals surface area (Å²) in [7, 11) is 0. The van der Waals surface area contributed by atoms with Crippen LogP contribution in [0.4, 0.5) is 17.3 Å². The van der Waals surface area contributed by atoms with Crippen LogP contribution in [0, 0.1) is 25.2 Å². The highest BCUT2D eigenvalue weighted by Gasteiger charge is 2.11. The Labute approximate surface area is 151 Å². The molecule has 0 bridgehead atoms. The molecule has 0 atom stereocenters. The number of benzene rings is 2. The van der Waals surface area contributed by atoms with Crippen molar-refractivity contribution in [2.75, 3.05) is 10.6 Å². The summed E-state index contributed by atoms with van der Waals surface area (Å²) in [6.07, 6.45) is 1.52. The van der Waals surface area contributed by atoms with Gasteiger partial charge in [0, 0.05) is 11.9 Å². The number of hydrogen-bond donors (Lipinski definition) is 2. The van der Waals surface area contributed by atoms with Gasteiger partial charge in [-0.25, -0.2) is 9.97 Å². The summed E-state index contributed by atoms with van der Waals surface area (Å²) in [4.78, 5) is 20.9. The van der Waals surface area contributed by atoms with Crippen LogP contribution in [0.2, 0.25) is 0 Å². The van der Waals surface area contributed by atoms with Gasteiger partial charge in [-0.1, -0.05) is 18.2 Å². The number of aryl methyl sites for hydroxylation is 2. The fourth-order valence-electron chi connectivity index (χ4n) is 2.60. The van der Waals surface area contributed by atoms with Gasteiger partial charge in [-0.2, -0.15) is 5.26 Å². The largest absolute Gasteiger partial charge is 0.324 e. The summed E-state index contributed by atoms with van der Waals surface area (Å²) >= 11 is 0. The molecule has 0 saturated carbocycles. The molecule has 3 rings (SSSR count). The van der Waals surface area contributed by atoms with Crippen molar-refractivity contribution >= 4 is 23.2 Å². The minimum absolute atomic E-state index is 0.208. The number of carbonyl (C=O) groups excluding carboxylic acids is 1. The summed E-state index contributed by atoms with van der Waals surface area (Å²) in [6, 6.07) is 16.4. The number of nitrogens with zero attached hydrogens (tertiary/aromatic N) is 3. The SMILES string of the molecule is Cc1cc(C)cc(Nc2nccc(C(=O)Nc3ccccc3C#N)n2)c1. The predicted octanol–water partition coefficient (Wildman–Crippen LogP) is 3.96. The first-order chi connectivity index (χ1) is 12.5. The minimum Gasteiger partial charge on any atom is -0.324 e. The van der Waals surface area contributed by atoms with Crippen LogP contribution in [0.5, 0.6) is 0 Å². The molecule has 0 saturated heterocycles. The Kier molecular flexibility index (Phi) is 4.90. The van der Waals surface area contributed by atoms with Crippen molar-refractivity contribution in [3.63, 3.8) is 0 Å². The van der Waals surface area contributed by atoms with Gasteiger partial charge in [0.2, 0.25) is 5.95 Å². The summed E-state index contributed by atoms with van der Waals surface area (Å²) in [5.41, 5.74) is 4.14. The number of amides is 1. The molecule has 2 aromatic carbocycles. The molecule has 0 aliphatic carbocycles. The second kappa shape index (κ2) is 7.45. The van der Waals surface area contributed by atoms with Gasteiger partial charge in [-0.3, -0.25) is 4.79 Å². The van der Waals surface area contributed by atoms with Crippen LogP contribution in [-0.2, 0) is 0 Å². The molecule has 0 spiro atoms. The Morgan fingerprint density at radius 1 is 1.08 bits per heavy atom. The first-order valence-electron chi connectivity index (χ1n) is 8.04. The molecule has 0 unspecified atom stereocenters. The van der Waals surface area contributed by atoms with Crippen molar-refractivity contribution in [3.8, 4) is 6.07 Å². The first-order valence-corrected chi connectivity index (χ1v) is 8.04. The third kappa shape index (κ3) is 4.02. The topological polar surface area (TPSA) is 90.7 Å². The Bertz CT molecular complexity index is 987. The number of carbonyl (C=O) groups is 1. The number of aromatic nitrogens is 2. The van der Waals surface area contributed by atoms with E-state index < -0.39 is 5.91 Å². The fraction of sp³-hybridized carbons (Fsp3) is 0.100. The van der Waals surface area contributed by atoms with Crippen molar-refractivity contribution < 1.29 is 4.79 Å². The molecule has 0 fully saturated rings. The van der Waals surface area contributed by atoms with Crippen LogP contribution in [0.1, 0.15) is 27.2 Å². The maximum absolute atomic E-state index is 12.5. The van der Waals surface area contributed by atoms with Crippen LogP contribution >= 0.6 is 0 Å². The van der Waals surface area contributed by atoms with E-state index in [4.69, 9.17) is 5.26 Å². The minimum atomic E-state index is -0.404. The number of rotatable bonds is 4. The molecule has 1 aromatic heterocycles. The highest BCUT2D eigenvalue weighted by atomic mass is 16.1. The summed E-state index contributed by atoms with van der Waals surface area (Å²) < 4.78 is 0. The lowest BCUT2D eigenvalue weighted by atomic mass is 10.1. The van der Waals surface area contributed by atoms with Crippen LogP contribution in [0.25, 0.3) is 0 Å². The average Bonchev–Trinajstić information content (AvgIpc) is 2.61. The van der Waals surface area contributed by atoms with Gasteiger partial charge in [0.15, 0.2) is 0 Å². The molecule has 26 heavy (non-hydrogen) atoms. The number of hydrogen-bond acceptors (Lipinski definition) is 5. The Morgan fingerprint density at radius 3 is 2.54 bits per heavy atom. The van der Waals surface area contributed by atoms with Gasteiger partial charge in [0.25, 0.3) is 5.91 Å². The predicted molar refractivity (Wildman–Crippen MR) is 100 cm³/mol. The zero-order chi connectivity index (χ0) is 18.5. The highest BCUT2D eigenvalue weighted by molar-refractivity contribution is 6.03. The molecule has 0 radical (unpaired) electrons. The molecule has 2 N–H and O–H groups in total. The molecule has 6 heteroatoms. The van der Waals surface area contributed by atoms with E-state index in [1.807, 2.05) is 32.0 Å². The summed E-state index contributed by atoms with van der Waals surface area (Å²) in [5.74, 6) is -0.0743. The third-order valence-corrected chi connectivity index (χ3v) is 3.66. The number of anilines is 3. The van der Waals surface area contributed by atoms with Crippen LogP contribution in [0.15, 0.2) is 54.7 Å². The maximum atomic E-state index is 12.5. The molecule has 128 valence electrons. The van der Waals surface area contributed by atoms with E-state index in [0.717, 1.165) is 16.8 Å². The van der Waals surface area contributed by atoms with Crippen molar-refractivity contribution in [1.29, 1.82) is 5.26 Å². The van der Waals surface area contributed by atoms with Crippen LogP contribution in [-0.4, -0.2) is 15.9 Å². The lowest BCUT2D eigenvalue weighted by Crippen LogP contribution is -2.15. The molecular formula is C20H17N5O. The molecule has 6 nitrogen and oxygen atoms in total. The fourth-order valence-corrected chi connectivity index (χ4v) is 2.60. The molecule has 1 amide bonds. The quantitative estimate of drug-likeness (QED) is 0.748. The van der Waals surface area contributed by atoms with Gasteiger partial charge in [0.05, 0.1) is 11.3 Å². The molecule has 1 heterocycles. The van der Waals surface area contributed by atoms with Crippen molar-refractivity contribution in [2.24, 2.45) is 0 Å². The van der Waals surface area contributed by atoms with E-state index in [1.165, 1.54) is 12.3 Å². The summed E-state index contributed by atoms with van der Waals surface area (Å²) in [5, 5.41) is 14.9. The van der Waals surface area contributed by atoms with Crippen molar-refractivity contribution in [3.05, 3.63) is 77.1 Å². The molecule has 3 aromatic rings. The van der Waals surface area contributed by atoms with Crippen LogP contribution < -0.4 is 10.6 Å². The average molecular weight is 343 g/mol. The standard InChI is InChI=1S/C20H17N5O/c1-13-9-14(2)11-16(10-13)23-20-22-8-7-18(25-20)19(26)24-17-6-4-3-5-15(17)12-21/h3-11H,1-2H3,(H,24,26)(H,22,23,25). The lowest BCUT2D eigenvalue weighted by Gasteiger charge is -2.09. The normalized spacial score (nSPS) is 10.0. The van der Waals surface area contributed by atoms with E-state index in [2.05, 4.69) is 26.7 Å². The lowest BCUT2D eigenvalue weighted by molar-refractivity contribution is 0.102. The Balaban J connectivity index is 1.80. The number of nitrogens with one attached hydrogen (secondary N) is 2. The number of nitriles is 1. The monoisotopic (exact) mass is 343 g/mol.